The topological polar surface area (TPSA) is 54.5 Å². The normalized spacial score (nSPS) is 18.9. The smallest absolute Gasteiger partial charge is 0.289 e. The molecule has 0 atom stereocenters. The minimum atomic E-state index is 0.0102. The van der Waals surface area contributed by atoms with Crippen LogP contribution in [0.3, 0.4) is 0 Å². The fourth-order valence-electron chi connectivity index (χ4n) is 6.57. The number of nitrogens with zero attached hydrogens (tertiary/aromatic N) is 4. The molecule has 0 saturated carbocycles. The molecule has 37 heavy (non-hydrogen) atoms. The summed E-state index contributed by atoms with van der Waals surface area (Å²) in [5, 5.41) is 0. The molecule has 2 saturated heterocycles. The fraction of sp³-hybridized carbons (Fsp3) is 0.419. The van der Waals surface area contributed by atoms with Crippen molar-refractivity contribution in [2.45, 2.75) is 50.5 Å². The molecule has 2 aromatic heterocycles. The summed E-state index contributed by atoms with van der Waals surface area (Å²) in [6, 6.07) is 23.5. The third kappa shape index (κ3) is 4.71. The quantitative estimate of drug-likeness (QED) is 0.337. The first-order valence-electron chi connectivity index (χ1n) is 13.7. The summed E-state index contributed by atoms with van der Waals surface area (Å²) < 4.78 is 7.84. The molecule has 0 radical (unpaired) electrons. The van der Waals surface area contributed by atoms with Crippen LogP contribution in [0.15, 0.2) is 77.4 Å². The van der Waals surface area contributed by atoms with Gasteiger partial charge in [0.2, 0.25) is 0 Å². The van der Waals surface area contributed by atoms with Crippen molar-refractivity contribution in [3.05, 3.63) is 90.1 Å². The molecule has 0 N–H and O–H groups in total. The van der Waals surface area contributed by atoms with E-state index in [0.717, 1.165) is 76.2 Å². The van der Waals surface area contributed by atoms with Gasteiger partial charge in [0, 0.05) is 32.2 Å². The van der Waals surface area contributed by atoms with Crippen molar-refractivity contribution >= 4 is 16.9 Å². The van der Waals surface area contributed by atoms with E-state index in [1.54, 1.807) is 18.4 Å². The molecule has 0 bridgehead atoms. The van der Waals surface area contributed by atoms with Crippen LogP contribution in [0.2, 0.25) is 0 Å². The number of likely N-dealkylation sites (tertiary alicyclic amines) is 2. The number of aryl methyl sites for hydroxylation is 1. The van der Waals surface area contributed by atoms with Crippen molar-refractivity contribution in [1.29, 1.82) is 0 Å². The van der Waals surface area contributed by atoms with E-state index in [1.165, 1.54) is 11.1 Å². The minimum absolute atomic E-state index is 0.0102. The summed E-state index contributed by atoms with van der Waals surface area (Å²) in [4.78, 5) is 22.3. The highest BCUT2D eigenvalue weighted by molar-refractivity contribution is 5.91. The zero-order valence-electron chi connectivity index (χ0n) is 21.7. The van der Waals surface area contributed by atoms with Crippen LogP contribution in [0, 0.1) is 6.92 Å². The van der Waals surface area contributed by atoms with Crippen LogP contribution in [0.4, 0.5) is 0 Å². The molecule has 192 valence electrons. The minimum Gasteiger partial charge on any atom is -0.459 e. The number of fused-ring (bicyclic) bond motifs is 1. The summed E-state index contributed by atoms with van der Waals surface area (Å²) in [5.41, 5.74) is 3.88. The molecule has 2 aliphatic heterocycles. The lowest BCUT2D eigenvalue weighted by molar-refractivity contribution is 0.0612. The van der Waals surface area contributed by atoms with Gasteiger partial charge in [-0.1, -0.05) is 42.5 Å². The summed E-state index contributed by atoms with van der Waals surface area (Å²) in [6.45, 7) is 7.00. The molecule has 0 spiro atoms. The van der Waals surface area contributed by atoms with Gasteiger partial charge >= 0.3 is 0 Å². The van der Waals surface area contributed by atoms with Gasteiger partial charge in [0.15, 0.2) is 5.76 Å². The van der Waals surface area contributed by atoms with Gasteiger partial charge in [-0.25, -0.2) is 4.98 Å². The van der Waals surface area contributed by atoms with Gasteiger partial charge in [-0.15, -0.1) is 0 Å². The van der Waals surface area contributed by atoms with Gasteiger partial charge in [-0.05, 0) is 80.8 Å². The average Bonchev–Trinajstić information content (AvgIpc) is 3.60. The lowest BCUT2D eigenvalue weighted by Gasteiger charge is -2.44. The number of aromatic nitrogens is 2. The lowest BCUT2D eigenvalue weighted by Crippen LogP contribution is -2.47. The zero-order chi connectivity index (χ0) is 25.2. The Bertz CT molecular complexity index is 1330. The maximum absolute atomic E-state index is 12.9. The number of amides is 1. The molecular weight excluding hydrogens is 460 g/mol. The highest BCUT2D eigenvalue weighted by Crippen LogP contribution is 2.40. The van der Waals surface area contributed by atoms with Gasteiger partial charge in [-0.3, -0.25) is 4.79 Å². The Labute approximate surface area is 218 Å². The summed E-state index contributed by atoms with van der Waals surface area (Å²) >= 11 is 0. The van der Waals surface area contributed by atoms with Crippen molar-refractivity contribution in [1.82, 2.24) is 19.4 Å². The number of carbonyl (C=O) groups is 1. The zero-order valence-corrected chi connectivity index (χ0v) is 21.7. The molecule has 4 aromatic rings. The molecule has 4 heterocycles. The number of para-hydroxylation sites is 2. The summed E-state index contributed by atoms with van der Waals surface area (Å²) in [7, 11) is 0. The molecule has 0 unspecified atom stereocenters. The van der Waals surface area contributed by atoms with Crippen LogP contribution in [0.1, 0.15) is 60.1 Å². The SMILES string of the molecule is Cc1nc2ccccc2n1C1CCN(CCC2(c3ccccc3)CCN(C(=O)c3ccco3)CC2)CC1. The molecular formula is C31H36N4O2. The Kier molecular flexibility index (Phi) is 6.59. The second kappa shape index (κ2) is 10.2. The Hall–Kier alpha value is -3.38. The molecule has 2 fully saturated rings. The van der Waals surface area contributed by atoms with Gasteiger partial charge in [0.25, 0.3) is 5.91 Å². The Morgan fingerprint density at radius 2 is 1.68 bits per heavy atom. The van der Waals surface area contributed by atoms with Crippen LogP contribution in [0.5, 0.6) is 0 Å². The van der Waals surface area contributed by atoms with Crippen LogP contribution in [0.25, 0.3) is 11.0 Å². The Morgan fingerprint density at radius 3 is 2.41 bits per heavy atom. The molecule has 6 rings (SSSR count). The van der Waals surface area contributed by atoms with E-state index in [0.29, 0.717) is 11.8 Å². The van der Waals surface area contributed by atoms with Gasteiger partial charge in [0.1, 0.15) is 5.82 Å². The van der Waals surface area contributed by atoms with E-state index < -0.39 is 0 Å². The van der Waals surface area contributed by atoms with Gasteiger partial charge in [0.05, 0.1) is 17.3 Å². The van der Waals surface area contributed by atoms with E-state index in [-0.39, 0.29) is 11.3 Å². The standard InChI is InChI=1S/C31H36N4O2/c1-24-32-27-10-5-6-11-28(27)35(24)26-13-18-33(19-14-26)20-15-31(25-8-3-2-4-9-25)16-21-34(22-17-31)30(36)29-12-7-23-37-29/h2-12,23,26H,13-22H2,1H3. The van der Waals surface area contributed by atoms with Crippen molar-refractivity contribution in [3.8, 4) is 0 Å². The van der Waals surface area contributed by atoms with Gasteiger partial charge < -0.3 is 18.8 Å². The Morgan fingerprint density at radius 1 is 0.946 bits per heavy atom. The second-order valence-corrected chi connectivity index (χ2v) is 10.8. The molecule has 6 nitrogen and oxygen atoms in total. The highest BCUT2D eigenvalue weighted by Gasteiger charge is 2.38. The third-order valence-electron chi connectivity index (χ3n) is 8.73. The average molecular weight is 497 g/mol. The predicted octanol–water partition coefficient (Wildman–Crippen LogP) is 5.84. The van der Waals surface area contributed by atoms with E-state index in [1.807, 2.05) is 4.90 Å². The molecule has 2 aromatic carbocycles. The van der Waals surface area contributed by atoms with Crippen molar-refractivity contribution < 1.29 is 9.21 Å². The first kappa shape index (κ1) is 24.0. The van der Waals surface area contributed by atoms with Crippen LogP contribution >= 0.6 is 0 Å². The number of piperidine rings is 2. The van der Waals surface area contributed by atoms with Crippen molar-refractivity contribution in [3.63, 3.8) is 0 Å². The number of imidazole rings is 1. The first-order chi connectivity index (χ1) is 18.1. The molecule has 1 amide bonds. The van der Waals surface area contributed by atoms with Gasteiger partial charge in [-0.2, -0.15) is 0 Å². The largest absolute Gasteiger partial charge is 0.459 e. The van der Waals surface area contributed by atoms with E-state index in [2.05, 4.69) is 71.0 Å². The molecule has 6 heteroatoms. The van der Waals surface area contributed by atoms with Crippen LogP contribution < -0.4 is 0 Å². The third-order valence-corrected chi connectivity index (χ3v) is 8.73. The lowest BCUT2D eigenvalue weighted by atomic mass is 9.70. The second-order valence-electron chi connectivity index (χ2n) is 10.8. The monoisotopic (exact) mass is 496 g/mol. The number of rotatable bonds is 6. The molecule has 2 aliphatic rings. The number of benzene rings is 2. The Balaban J connectivity index is 1.11. The predicted molar refractivity (Wildman–Crippen MR) is 146 cm³/mol. The number of furan rings is 1. The van der Waals surface area contributed by atoms with Crippen LogP contribution in [-0.2, 0) is 5.41 Å². The van der Waals surface area contributed by atoms with Crippen molar-refractivity contribution in [2.24, 2.45) is 0 Å². The maximum Gasteiger partial charge on any atom is 0.289 e. The van der Waals surface area contributed by atoms with Crippen LogP contribution in [-0.4, -0.2) is 58.0 Å². The highest BCUT2D eigenvalue weighted by atomic mass is 16.3. The first-order valence-corrected chi connectivity index (χ1v) is 13.7. The summed E-state index contributed by atoms with van der Waals surface area (Å²) in [5.74, 6) is 1.57. The molecule has 0 aliphatic carbocycles. The van der Waals surface area contributed by atoms with E-state index >= 15 is 0 Å². The fourth-order valence-corrected chi connectivity index (χ4v) is 6.57. The van der Waals surface area contributed by atoms with Crippen molar-refractivity contribution in [2.75, 3.05) is 32.7 Å². The van der Waals surface area contributed by atoms with E-state index in [9.17, 15) is 4.79 Å². The number of hydrogen-bond acceptors (Lipinski definition) is 4. The number of hydrogen-bond donors (Lipinski definition) is 0. The maximum atomic E-state index is 12.9. The number of carbonyl (C=O) groups excluding carboxylic acids is 1. The van der Waals surface area contributed by atoms with E-state index in [4.69, 9.17) is 9.40 Å². The summed E-state index contributed by atoms with van der Waals surface area (Å²) in [6.07, 6.45) is 6.99.